The number of benzene rings is 1. The summed E-state index contributed by atoms with van der Waals surface area (Å²) in [6.45, 7) is 4.03. The number of hydrogen-bond donors (Lipinski definition) is 1. The molecule has 0 aromatic heterocycles. The summed E-state index contributed by atoms with van der Waals surface area (Å²) in [7, 11) is 0. The Morgan fingerprint density at radius 3 is 2.55 bits per heavy atom. The highest BCUT2D eigenvalue weighted by Crippen LogP contribution is 2.29. The molecule has 0 bridgehead atoms. The summed E-state index contributed by atoms with van der Waals surface area (Å²) in [6, 6.07) is 5.02. The third-order valence-corrected chi connectivity index (χ3v) is 3.36. The van der Waals surface area contributed by atoms with E-state index in [1.165, 1.54) is 12.1 Å². The van der Waals surface area contributed by atoms with Crippen molar-refractivity contribution in [1.29, 1.82) is 0 Å². The van der Waals surface area contributed by atoms with E-state index in [0.29, 0.717) is 18.7 Å². The van der Waals surface area contributed by atoms with Crippen LogP contribution in [0, 0.1) is 0 Å². The molecule has 1 aliphatic rings. The Balaban J connectivity index is 1.97. The minimum absolute atomic E-state index is 0.0434. The maximum absolute atomic E-state index is 12.4. The molecule has 2 rings (SSSR count). The predicted octanol–water partition coefficient (Wildman–Crippen LogP) is 2.07. The van der Waals surface area contributed by atoms with Gasteiger partial charge in [-0.25, -0.2) is 0 Å². The first-order valence-corrected chi connectivity index (χ1v) is 6.53. The van der Waals surface area contributed by atoms with Crippen LogP contribution in [0.25, 0.3) is 0 Å². The van der Waals surface area contributed by atoms with E-state index in [1.807, 2.05) is 6.92 Å². The van der Waals surface area contributed by atoms with Gasteiger partial charge in [-0.3, -0.25) is 4.79 Å². The van der Waals surface area contributed by atoms with Gasteiger partial charge in [-0.15, -0.1) is 0 Å². The second-order valence-corrected chi connectivity index (χ2v) is 5.07. The second-order valence-electron chi connectivity index (χ2n) is 5.07. The first-order chi connectivity index (χ1) is 9.36. The molecule has 6 heteroatoms. The van der Waals surface area contributed by atoms with E-state index in [2.05, 4.69) is 5.32 Å². The molecule has 1 amide bonds. The lowest BCUT2D eigenvalue weighted by atomic mass is 10.1. The van der Waals surface area contributed by atoms with Crippen molar-refractivity contribution in [2.75, 3.05) is 19.6 Å². The van der Waals surface area contributed by atoms with E-state index in [4.69, 9.17) is 0 Å². The third kappa shape index (κ3) is 3.72. The van der Waals surface area contributed by atoms with Crippen molar-refractivity contribution in [2.45, 2.75) is 25.6 Å². The largest absolute Gasteiger partial charge is 0.416 e. The van der Waals surface area contributed by atoms with Crippen molar-refractivity contribution in [1.82, 2.24) is 10.2 Å². The van der Waals surface area contributed by atoms with Gasteiger partial charge in [-0.1, -0.05) is 12.1 Å². The summed E-state index contributed by atoms with van der Waals surface area (Å²) in [4.78, 5) is 13.8. The molecule has 1 aliphatic heterocycles. The Kier molecular flexibility index (Phi) is 4.32. The lowest BCUT2D eigenvalue weighted by molar-refractivity contribution is -0.137. The van der Waals surface area contributed by atoms with Crippen molar-refractivity contribution in [2.24, 2.45) is 0 Å². The second kappa shape index (κ2) is 5.83. The summed E-state index contributed by atoms with van der Waals surface area (Å²) >= 11 is 0. The molecular formula is C14H17F3N2O. The molecule has 1 N–H and O–H groups in total. The number of halogens is 3. The molecule has 1 aromatic rings. The standard InChI is InChI=1S/C14H17F3N2O/c1-10-9-19(7-6-18-10)13(20)8-11-2-4-12(5-3-11)14(15,16)17/h2-5,10,18H,6-9H2,1H3. The summed E-state index contributed by atoms with van der Waals surface area (Å²) in [5.74, 6) is -0.0434. The minimum Gasteiger partial charge on any atom is -0.340 e. The van der Waals surface area contributed by atoms with Crippen molar-refractivity contribution < 1.29 is 18.0 Å². The van der Waals surface area contributed by atoms with Gasteiger partial charge in [-0.05, 0) is 24.6 Å². The average Bonchev–Trinajstić information content (AvgIpc) is 2.38. The molecule has 1 fully saturated rings. The van der Waals surface area contributed by atoms with Crippen LogP contribution in [0.15, 0.2) is 24.3 Å². The van der Waals surface area contributed by atoms with E-state index < -0.39 is 11.7 Å². The number of piperazine rings is 1. The summed E-state index contributed by atoms with van der Waals surface area (Å²) < 4.78 is 37.3. The number of carbonyl (C=O) groups excluding carboxylic acids is 1. The van der Waals surface area contributed by atoms with E-state index in [-0.39, 0.29) is 18.4 Å². The first kappa shape index (κ1) is 14.8. The van der Waals surface area contributed by atoms with Crippen molar-refractivity contribution >= 4 is 5.91 Å². The van der Waals surface area contributed by atoms with Crippen LogP contribution in [0.2, 0.25) is 0 Å². The molecule has 1 atom stereocenters. The maximum atomic E-state index is 12.4. The molecule has 1 aromatic carbocycles. The van der Waals surface area contributed by atoms with Crippen LogP contribution in [-0.2, 0) is 17.4 Å². The molecular weight excluding hydrogens is 269 g/mol. The molecule has 1 unspecified atom stereocenters. The molecule has 1 saturated heterocycles. The van der Waals surface area contributed by atoms with Gasteiger partial charge < -0.3 is 10.2 Å². The highest BCUT2D eigenvalue weighted by atomic mass is 19.4. The molecule has 0 radical (unpaired) electrons. The molecule has 1 heterocycles. The van der Waals surface area contributed by atoms with Crippen LogP contribution in [0.5, 0.6) is 0 Å². The first-order valence-electron chi connectivity index (χ1n) is 6.53. The third-order valence-electron chi connectivity index (χ3n) is 3.36. The predicted molar refractivity (Wildman–Crippen MR) is 69.2 cm³/mol. The van der Waals surface area contributed by atoms with Gasteiger partial charge in [0.15, 0.2) is 0 Å². The molecule has 110 valence electrons. The fourth-order valence-electron chi connectivity index (χ4n) is 2.26. The Bertz CT molecular complexity index is 470. The van der Waals surface area contributed by atoms with Crippen LogP contribution >= 0.6 is 0 Å². The van der Waals surface area contributed by atoms with E-state index in [9.17, 15) is 18.0 Å². The number of alkyl halides is 3. The number of rotatable bonds is 2. The van der Waals surface area contributed by atoms with Gasteiger partial charge >= 0.3 is 6.18 Å². The molecule has 0 saturated carbocycles. The Morgan fingerprint density at radius 2 is 2.00 bits per heavy atom. The average molecular weight is 286 g/mol. The zero-order valence-corrected chi connectivity index (χ0v) is 11.2. The lowest BCUT2D eigenvalue weighted by Crippen LogP contribution is -2.51. The normalized spacial score (nSPS) is 20.0. The highest BCUT2D eigenvalue weighted by Gasteiger charge is 2.30. The topological polar surface area (TPSA) is 32.3 Å². The lowest BCUT2D eigenvalue weighted by Gasteiger charge is -2.32. The number of nitrogens with zero attached hydrogens (tertiary/aromatic N) is 1. The van der Waals surface area contributed by atoms with Gasteiger partial charge in [0.05, 0.1) is 12.0 Å². The fraction of sp³-hybridized carbons (Fsp3) is 0.500. The molecule has 20 heavy (non-hydrogen) atoms. The number of nitrogens with one attached hydrogen (secondary N) is 1. The van der Waals surface area contributed by atoms with E-state index in [0.717, 1.165) is 18.7 Å². The van der Waals surface area contributed by atoms with Crippen molar-refractivity contribution in [3.05, 3.63) is 35.4 Å². The van der Waals surface area contributed by atoms with E-state index >= 15 is 0 Å². The maximum Gasteiger partial charge on any atom is 0.416 e. The Morgan fingerprint density at radius 1 is 1.35 bits per heavy atom. The monoisotopic (exact) mass is 286 g/mol. The summed E-state index contributed by atoms with van der Waals surface area (Å²) in [5, 5.41) is 3.24. The van der Waals surface area contributed by atoms with Crippen LogP contribution in [0.4, 0.5) is 13.2 Å². The van der Waals surface area contributed by atoms with Crippen LogP contribution in [0.3, 0.4) is 0 Å². The van der Waals surface area contributed by atoms with E-state index in [1.54, 1.807) is 4.90 Å². The smallest absolute Gasteiger partial charge is 0.340 e. The molecule has 3 nitrogen and oxygen atoms in total. The van der Waals surface area contributed by atoms with Crippen LogP contribution in [0.1, 0.15) is 18.1 Å². The number of hydrogen-bond acceptors (Lipinski definition) is 2. The van der Waals surface area contributed by atoms with Gasteiger partial charge in [0, 0.05) is 25.7 Å². The van der Waals surface area contributed by atoms with Gasteiger partial charge in [0.1, 0.15) is 0 Å². The Hall–Kier alpha value is -1.56. The molecule has 0 spiro atoms. The SMILES string of the molecule is CC1CN(C(=O)Cc2ccc(C(F)(F)F)cc2)CCN1. The molecule has 0 aliphatic carbocycles. The van der Waals surface area contributed by atoms with Gasteiger partial charge in [-0.2, -0.15) is 13.2 Å². The number of amides is 1. The zero-order chi connectivity index (χ0) is 14.8. The summed E-state index contributed by atoms with van der Waals surface area (Å²) in [6.07, 6.45) is -4.19. The number of carbonyl (C=O) groups is 1. The highest BCUT2D eigenvalue weighted by molar-refractivity contribution is 5.79. The van der Waals surface area contributed by atoms with Gasteiger partial charge in [0.25, 0.3) is 0 Å². The quantitative estimate of drug-likeness (QED) is 0.902. The fourth-order valence-corrected chi connectivity index (χ4v) is 2.26. The van der Waals surface area contributed by atoms with Crippen LogP contribution < -0.4 is 5.32 Å². The summed E-state index contributed by atoms with van der Waals surface area (Å²) in [5.41, 5.74) is -0.0846. The van der Waals surface area contributed by atoms with Crippen LogP contribution in [-0.4, -0.2) is 36.5 Å². The zero-order valence-electron chi connectivity index (χ0n) is 11.2. The Labute approximate surface area is 115 Å². The van der Waals surface area contributed by atoms with Gasteiger partial charge in [0.2, 0.25) is 5.91 Å². The van der Waals surface area contributed by atoms with Crippen molar-refractivity contribution in [3.8, 4) is 0 Å². The van der Waals surface area contributed by atoms with Crippen molar-refractivity contribution in [3.63, 3.8) is 0 Å². The minimum atomic E-state index is -4.34.